The number of rotatable bonds is 7. The summed E-state index contributed by atoms with van der Waals surface area (Å²) in [5.74, 6) is -0.137. The molecular formula is C13H20FNO3. The average molecular weight is 257 g/mol. The Hall–Kier alpha value is -1.17. The minimum atomic E-state index is -0.539. The lowest BCUT2D eigenvalue weighted by atomic mass is 10.2. The normalized spacial score (nSPS) is 12.8. The Morgan fingerprint density at radius 2 is 2.11 bits per heavy atom. The lowest BCUT2D eigenvalue weighted by Gasteiger charge is -2.20. The first kappa shape index (κ1) is 14.9. The molecule has 0 aliphatic heterocycles. The van der Waals surface area contributed by atoms with Crippen molar-refractivity contribution in [2.45, 2.75) is 12.6 Å². The molecule has 0 fully saturated rings. The molecule has 0 heterocycles. The summed E-state index contributed by atoms with van der Waals surface area (Å²) in [4.78, 5) is 1.91. The molecule has 1 unspecified atom stereocenters. The number of halogens is 1. The van der Waals surface area contributed by atoms with Gasteiger partial charge in [0.2, 0.25) is 0 Å². The van der Waals surface area contributed by atoms with E-state index in [0.717, 1.165) is 5.56 Å². The maximum absolute atomic E-state index is 13.5. The number of nitrogens with zero attached hydrogens (tertiary/aromatic N) is 1. The minimum Gasteiger partial charge on any atom is -0.494 e. The van der Waals surface area contributed by atoms with Gasteiger partial charge >= 0.3 is 0 Å². The van der Waals surface area contributed by atoms with E-state index < -0.39 is 6.10 Å². The molecule has 102 valence electrons. The Kier molecular flexibility index (Phi) is 6.04. The van der Waals surface area contributed by atoms with Crippen LogP contribution in [0.1, 0.15) is 5.56 Å². The van der Waals surface area contributed by atoms with Crippen molar-refractivity contribution in [1.29, 1.82) is 0 Å². The standard InChI is InChI=1S/C13H20FNO3/c1-15(8-11(16)9-17-2)7-10-4-5-13(18-3)12(14)6-10/h4-6,11,16H,7-9H2,1-3H3. The van der Waals surface area contributed by atoms with Gasteiger partial charge in [0.05, 0.1) is 19.8 Å². The second-order valence-corrected chi connectivity index (χ2v) is 4.27. The summed E-state index contributed by atoms with van der Waals surface area (Å²) < 4.78 is 23.2. The van der Waals surface area contributed by atoms with Gasteiger partial charge in [0.1, 0.15) is 0 Å². The number of benzene rings is 1. The van der Waals surface area contributed by atoms with Gasteiger partial charge in [-0.15, -0.1) is 0 Å². The van der Waals surface area contributed by atoms with Crippen LogP contribution < -0.4 is 4.74 Å². The van der Waals surface area contributed by atoms with Crippen molar-refractivity contribution in [3.05, 3.63) is 29.6 Å². The van der Waals surface area contributed by atoms with Gasteiger partial charge in [-0.2, -0.15) is 0 Å². The van der Waals surface area contributed by atoms with Crippen molar-refractivity contribution >= 4 is 0 Å². The number of ether oxygens (including phenoxy) is 2. The Balaban J connectivity index is 2.54. The van der Waals surface area contributed by atoms with Crippen LogP contribution in [0.3, 0.4) is 0 Å². The van der Waals surface area contributed by atoms with Crippen LogP contribution in [0.15, 0.2) is 18.2 Å². The molecule has 0 amide bonds. The highest BCUT2D eigenvalue weighted by Gasteiger charge is 2.10. The molecule has 0 saturated heterocycles. The van der Waals surface area contributed by atoms with E-state index in [4.69, 9.17) is 9.47 Å². The SMILES string of the molecule is COCC(O)CN(C)Cc1ccc(OC)c(F)c1. The molecule has 1 rings (SSSR count). The van der Waals surface area contributed by atoms with E-state index in [1.807, 2.05) is 11.9 Å². The number of likely N-dealkylation sites (N-methyl/N-ethyl adjacent to an activating group) is 1. The van der Waals surface area contributed by atoms with Gasteiger partial charge in [0.25, 0.3) is 0 Å². The second-order valence-electron chi connectivity index (χ2n) is 4.27. The topological polar surface area (TPSA) is 41.9 Å². The maximum Gasteiger partial charge on any atom is 0.165 e. The predicted octanol–water partition coefficient (Wildman–Crippen LogP) is 1.27. The average Bonchev–Trinajstić information content (AvgIpc) is 2.29. The smallest absolute Gasteiger partial charge is 0.165 e. The van der Waals surface area contributed by atoms with Crippen molar-refractivity contribution in [3.8, 4) is 5.75 Å². The van der Waals surface area contributed by atoms with Crippen molar-refractivity contribution in [2.75, 3.05) is 34.4 Å². The lowest BCUT2D eigenvalue weighted by Crippen LogP contribution is -2.31. The van der Waals surface area contributed by atoms with E-state index in [0.29, 0.717) is 19.7 Å². The third-order valence-electron chi connectivity index (χ3n) is 2.55. The molecule has 1 aromatic carbocycles. The largest absolute Gasteiger partial charge is 0.494 e. The van der Waals surface area contributed by atoms with Gasteiger partial charge in [-0.05, 0) is 24.7 Å². The van der Waals surface area contributed by atoms with Gasteiger partial charge in [-0.3, -0.25) is 4.90 Å². The summed E-state index contributed by atoms with van der Waals surface area (Å²) in [6.45, 7) is 1.32. The zero-order valence-corrected chi connectivity index (χ0v) is 11.0. The highest BCUT2D eigenvalue weighted by Crippen LogP contribution is 2.18. The highest BCUT2D eigenvalue weighted by molar-refractivity contribution is 5.29. The number of methoxy groups -OCH3 is 2. The van der Waals surface area contributed by atoms with E-state index in [2.05, 4.69) is 0 Å². The Bertz CT molecular complexity index is 373. The fourth-order valence-corrected chi connectivity index (χ4v) is 1.79. The fourth-order valence-electron chi connectivity index (χ4n) is 1.79. The minimum absolute atomic E-state index is 0.237. The fraction of sp³-hybridized carbons (Fsp3) is 0.538. The van der Waals surface area contributed by atoms with Gasteiger partial charge < -0.3 is 14.6 Å². The number of aliphatic hydroxyl groups is 1. The number of hydrogen-bond donors (Lipinski definition) is 1. The maximum atomic E-state index is 13.5. The van der Waals surface area contributed by atoms with Crippen LogP contribution in [0.25, 0.3) is 0 Å². The summed E-state index contributed by atoms with van der Waals surface area (Å²) in [6, 6.07) is 4.85. The van der Waals surface area contributed by atoms with Crippen molar-refractivity contribution in [2.24, 2.45) is 0 Å². The highest BCUT2D eigenvalue weighted by atomic mass is 19.1. The van der Waals surface area contributed by atoms with Crippen LogP contribution in [0, 0.1) is 5.82 Å². The molecular weight excluding hydrogens is 237 g/mol. The van der Waals surface area contributed by atoms with Crippen LogP contribution in [0.4, 0.5) is 4.39 Å². The number of hydrogen-bond acceptors (Lipinski definition) is 4. The molecule has 0 radical (unpaired) electrons. The molecule has 0 aromatic heterocycles. The van der Waals surface area contributed by atoms with Crippen LogP contribution >= 0.6 is 0 Å². The second kappa shape index (κ2) is 7.31. The van der Waals surface area contributed by atoms with Crippen LogP contribution in [-0.4, -0.2) is 50.5 Å². The molecule has 0 saturated carbocycles. The Labute approximate surface area is 107 Å². The third kappa shape index (κ3) is 4.60. The van der Waals surface area contributed by atoms with E-state index in [1.165, 1.54) is 13.2 Å². The summed E-state index contributed by atoms with van der Waals surface area (Å²) in [5.41, 5.74) is 0.834. The zero-order valence-electron chi connectivity index (χ0n) is 11.0. The zero-order chi connectivity index (χ0) is 13.5. The third-order valence-corrected chi connectivity index (χ3v) is 2.55. The van der Waals surface area contributed by atoms with Gasteiger partial charge in [-0.1, -0.05) is 6.07 Å². The van der Waals surface area contributed by atoms with Crippen molar-refractivity contribution in [3.63, 3.8) is 0 Å². The first-order valence-electron chi connectivity index (χ1n) is 5.74. The molecule has 0 aliphatic rings. The predicted molar refractivity (Wildman–Crippen MR) is 67.2 cm³/mol. The molecule has 5 heteroatoms. The summed E-state index contributed by atoms with van der Waals surface area (Å²) >= 11 is 0. The molecule has 0 spiro atoms. The van der Waals surface area contributed by atoms with E-state index in [-0.39, 0.29) is 11.6 Å². The molecule has 1 aromatic rings. The molecule has 4 nitrogen and oxygen atoms in total. The summed E-state index contributed by atoms with van der Waals surface area (Å²) in [6.07, 6.45) is -0.539. The van der Waals surface area contributed by atoms with Crippen LogP contribution in [0.5, 0.6) is 5.75 Å². The Morgan fingerprint density at radius 3 is 2.67 bits per heavy atom. The number of aliphatic hydroxyl groups excluding tert-OH is 1. The lowest BCUT2D eigenvalue weighted by molar-refractivity contribution is 0.0418. The quantitative estimate of drug-likeness (QED) is 0.799. The molecule has 0 bridgehead atoms. The first-order chi connectivity index (χ1) is 8.56. The molecule has 1 N–H and O–H groups in total. The van der Waals surface area contributed by atoms with Gasteiger partial charge in [0.15, 0.2) is 11.6 Å². The van der Waals surface area contributed by atoms with Gasteiger partial charge in [0, 0.05) is 20.2 Å². The van der Waals surface area contributed by atoms with Crippen LogP contribution in [-0.2, 0) is 11.3 Å². The van der Waals surface area contributed by atoms with E-state index >= 15 is 0 Å². The molecule has 0 aliphatic carbocycles. The van der Waals surface area contributed by atoms with Crippen molar-refractivity contribution in [1.82, 2.24) is 4.90 Å². The van der Waals surface area contributed by atoms with Crippen molar-refractivity contribution < 1.29 is 19.0 Å². The monoisotopic (exact) mass is 257 g/mol. The summed E-state index contributed by atoms with van der Waals surface area (Å²) in [7, 11) is 4.84. The van der Waals surface area contributed by atoms with E-state index in [1.54, 1.807) is 19.2 Å². The van der Waals surface area contributed by atoms with Gasteiger partial charge in [-0.25, -0.2) is 4.39 Å². The first-order valence-corrected chi connectivity index (χ1v) is 5.74. The van der Waals surface area contributed by atoms with Crippen LogP contribution in [0.2, 0.25) is 0 Å². The molecule has 18 heavy (non-hydrogen) atoms. The summed E-state index contributed by atoms with van der Waals surface area (Å²) in [5, 5.41) is 9.57. The molecule has 1 atom stereocenters. The van der Waals surface area contributed by atoms with E-state index in [9.17, 15) is 9.50 Å². The Morgan fingerprint density at radius 1 is 1.39 bits per heavy atom.